The molecule has 0 saturated heterocycles. The van der Waals surface area contributed by atoms with Crippen molar-refractivity contribution >= 4 is 38.6 Å². The fraction of sp³-hybridized carbons (Fsp3) is 0.538. The van der Waals surface area contributed by atoms with Crippen LogP contribution in [0, 0.1) is 0 Å². The Hall–Kier alpha value is -0.260. The Morgan fingerprint density at radius 1 is 1.28 bits per heavy atom. The third-order valence-corrected chi connectivity index (χ3v) is 7.10. The normalized spacial score (nSPS) is 16.6. The molecule has 18 heavy (non-hydrogen) atoms. The monoisotopic (exact) mass is 342 g/mol. The highest BCUT2D eigenvalue weighted by atomic mass is 79.9. The van der Waals surface area contributed by atoms with Crippen molar-refractivity contribution in [3.8, 4) is 9.88 Å². The molecule has 0 aromatic carbocycles. The lowest BCUT2D eigenvalue weighted by molar-refractivity contribution is 0.697. The van der Waals surface area contributed by atoms with E-state index in [4.69, 9.17) is 0 Å². The predicted octanol–water partition coefficient (Wildman–Crippen LogP) is 4.99. The quantitative estimate of drug-likeness (QED) is 0.734. The Kier molecular flexibility index (Phi) is 3.82. The van der Waals surface area contributed by atoms with Crippen LogP contribution in [0.4, 0.5) is 0 Å². The summed E-state index contributed by atoms with van der Waals surface area (Å²) < 4.78 is 0. The molecule has 96 valence electrons. The summed E-state index contributed by atoms with van der Waals surface area (Å²) in [5.74, 6) is 0. The van der Waals surface area contributed by atoms with E-state index in [0.29, 0.717) is 4.83 Å². The maximum absolute atomic E-state index is 4.35. The van der Waals surface area contributed by atoms with Gasteiger partial charge in [0.2, 0.25) is 0 Å². The Morgan fingerprint density at radius 3 is 2.89 bits per heavy atom. The molecule has 2 nitrogen and oxygen atoms in total. The average molecular weight is 343 g/mol. The number of aryl methyl sites for hydroxylation is 2. The molecule has 0 aliphatic heterocycles. The van der Waals surface area contributed by atoms with E-state index in [0.717, 1.165) is 16.4 Å². The number of nitrogens with zero attached hydrogens (tertiary/aromatic N) is 2. The van der Waals surface area contributed by atoms with Crippen molar-refractivity contribution < 1.29 is 0 Å². The predicted molar refractivity (Wildman–Crippen MR) is 81.8 cm³/mol. The van der Waals surface area contributed by atoms with Gasteiger partial charge in [-0.15, -0.1) is 21.5 Å². The summed E-state index contributed by atoms with van der Waals surface area (Å²) >= 11 is 7.28. The number of hydrogen-bond acceptors (Lipinski definition) is 4. The topological polar surface area (TPSA) is 25.8 Å². The van der Waals surface area contributed by atoms with Gasteiger partial charge in [-0.1, -0.05) is 34.2 Å². The van der Waals surface area contributed by atoms with Crippen molar-refractivity contribution in [2.75, 3.05) is 0 Å². The lowest BCUT2D eigenvalue weighted by atomic mass is 9.99. The van der Waals surface area contributed by atoms with Crippen LogP contribution in [-0.2, 0) is 12.8 Å². The van der Waals surface area contributed by atoms with Crippen LogP contribution in [0.25, 0.3) is 9.88 Å². The second-order valence-corrected chi connectivity index (χ2v) is 7.84. The van der Waals surface area contributed by atoms with E-state index in [1.165, 1.54) is 30.6 Å². The van der Waals surface area contributed by atoms with Crippen LogP contribution >= 0.6 is 38.6 Å². The summed E-state index contributed by atoms with van der Waals surface area (Å²) in [5, 5.41) is 10.8. The number of aromatic nitrogens is 2. The maximum Gasteiger partial charge on any atom is 0.157 e. The summed E-state index contributed by atoms with van der Waals surface area (Å²) in [6.07, 6.45) is 6.22. The first kappa shape index (κ1) is 12.8. The zero-order valence-corrected chi connectivity index (χ0v) is 13.5. The van der Waals surface area contributed by atoms with Crippen molar-refractivity contribution in [2.24, 2.45) is 0 Å². The first-order valence-electron chi connectivity index (χ1n) is 6.37. The van der Waals surface area contributed by atoms with Gasteiger partial charge in [0.15, 0.2) is 5.01 Å². The number of halogens is 1. The van der Waals surface area contributed by atoms with Crippen molar-refractivity contribution in [3.05, 3.63) is 21.5 Å². The molecule has 2 heterocycles. The fourth-order valence-electron chi connectivity index (χ4n) is 2.23. The summed E-state index contributed by atoms with van der Waals surface area (Å²) in [6.45, 7) is 2.16. The number of hydrogen-bond donors (Lipinski definition) is 0. The van der Waals surface area contributed by atoms with E-state index in [-0.39, 0.29) is 0 Å². The molecule has 3 rings (SSSR count). The molecule has 1 aliphatic rings. The molecule has 5 heteroatoms. The smallest absolute Gasteiger partial charge is 0.142 e. The highest BCUT2D eigenvalue weighted by Crippen LogP contribution is 2.39. The largest absolute Gasteiger partial charge is 0.157 e. The molecule has 0 fully saturated rings. The summed E-state index contributed by atoms with van der Waals surface area (Å²) in [5.41, 5.74) is 1.55. The van der Waals surface area contributed by atoms with Crippen LogP contribution in [0.3, 0.4) is 0 Å². The lowest BCUT2D eigenvalue weighted by Gasteiger charge is -2.08. The Balaban J connectivity index is 1.90. The summed E-state index contributed by atoms with van der Waals surface area (Å²) in [7, 11) is 0. The van der Waals surface area contributed by atoms with Crippen molar-refractivity contribution in [2.45, 2.75) is 43.9 Å². The molecule has 0 radical (unpaired) electrons. The van der Waals surface area contributed by atoms with Gasteiger partial charge in [-0.2, -0.15) is 0 Å². The van der Waals surface area contributed by atoms with Crippen LogP contribution in [0.2, 0.25) is 0 Å². The molecule has 0 bridgehead atoms. The van der Waals surface area contributed by atoms with Gasteiger partial charge in [0.05, 0.1) is 9.70 Å². The molecule has 1 atom stereocenters. The van der Waals surface area contributed by atoms with Gasteiger partial charge in [-0.25, -0.2) is 0 Å². The van der Waals surface area contributed by atoms with Crippen LogP contribution < -0.4 is 0 Å². The van der Waals surface area contributed by atoms with E-state index in [2.05, 4.69) is 39.1 Å². The van der Waals surface area contributed by atoms with Crippen molar-refractivity contribution in [1.82, 2.24) is 10.2 Å². The first-order chi connectivity index (χ1) is 8.78. The Morgan fingerprint density at radius 2 is 2.11 bits per heavy atom. The Labute approximate surface area is 124 Å². The second kappa shape index (κ2) is 5.39. The van der Waals surface area contributed by atoms with E-state index in [9.17, 15) is 0 Å². The van der Waals surface area contributed by atoms with Gasteiger partial charge < -0.3 is 0 Å². The number of fused-ring (bicyclic) bond motifs is 1. The third-order valence-electron chi connectivity index (χ3n) is 3.27. The molecule has 2 aromatic heterocycles. The molecule has 0 saturated carbocycles. The fourth-order valence-corrected chi connectivity index (χ4v) is 4.80. The molecular formula is C13H15BrN2S2. The SMILES string of the molecule is CCC(Br)c1nnc(-c2cc3c(s2)CCCC3)s1. The average Bonchev–Trinajstić information content (AvgIpc) is 3.03. The van der Waals surface area contributed by atoms with E-state index >= 15 is 0 Å². The van der Waals surface area contributed by atoms with Gasteiger partial charge >= 0.3 is 0 Å². The van der Waals surface area contributed by atoms with E-state index < -0.39 is 0 Å². The minimum Gasteiger partial charge on any atom is -0.142 e. The highest BCUT2D eigenvalue weighted by Gasteiger charge is 2.18. The lowest BCUT2D eigenvalue weighted by Crippen LogP contribution is -1.96. The van der Waals surface area contributed by atoms with Crippen molar-refractivity contribution in [1.29, 1.82) is 0 Å². The number of alkyl halides is 1. The molecule has 0 amide bonds. The first-order valence-corrected chi connectivity index (χ1v) is 8.92. The highest BCUT2D eigenvalue weighted by molar-refractivity contribution is 9.09. The summed E-state index contributed by atoms with van der Waals surface area (Å²) in [6, 6.07) is 2.33. The minimum atomic E-state index is 0.346. The maximum atomic E-state index is 4.35. The third kappa shape index (κ3) is 2.40. The van der Waals surface area contributed by atoms with Gasteiger partial charge in [-0.05, 0) is 43.7 Å². The van der Waals surface area contributed by atoms with Gasteiger partial charge in [-0.3, -0.25) is 0 Å². The summed E-state index contributed by atoms with van der Waals surface area (Å²) in [4.78, 5) is 3.22. The van der Waals surface area contributed by atoms with Crippen LogP contribution in [-0.4, -0.2) is 10.2 Å². The molecule has 1 unspecified atom stereocenters. The molecular weight excluding hydrogens is 328 g/mol. The van der Waals surface area contributed by atoms with E-state index in [1.54, 1.807) is 21.8 Å². The van der Waals surface area contributed by atoms with Crippen molar-refractivity contribution in [3.63, 3.8) is 0 Å². The Bertz CT molecular complexity index is 523. The zero-order chi connectivity index (χ0) is 12.5. The minimum absolute atomic E-state index is 0.346. The molecule has 1 aliphatic carbocycles. The standard InChI is InChI=1S/C13H15BrN2S2/c1-2-9(14)12-15-16-13(18-12)11-7-8-5-3-4-6-10(8)17-11/h7,9H,2-6H2,1H3. The van der Waals surface area contributed by atoms with Gasteiger partial charge in [0.25, 0.3) is 0 Å². The van der Waals surface area contributed by atoms with Crippen LogP contribution in [0.1, 0.15) is 46.5 Å². The molecule has 0 spiro atoms. The number of thiophene rings is 1. The van der Waals surface area contributed by atoms with Crippen LogP contribution in [0.5, 0.6) is 0 Å². The number of rotatable bonds is 3. The van der Waals surface area contributed by atoms with Gasteiger partial charge in [0, 0.05) is 4.88 Å². The molecule has 2 aromatic rings. The van der Waals surface area contributed by atoms with Gasteiger partial charge in [0.1, 0.15) is 5.01 Å². The zero-order valence-electron chi connectivity index (χ0n) is 10.3. The second-order valence-electron chi connectivity index (χ2n) is 4.59. The van der Waals surface area contributed by atoms with Crippen LogP contribution in [0.15, 0.2) is 6.07 Å². The molecule has 0 N–H and O–H groups in total. The van der Waals surface area contributed by atoms with E-state index in [1.807, 2.05) is 11.3 Å².